The smallest absolute Gasteiger partial charge is 0.238 e. The Hall–Kier alpha value is -1.37. The fourth-order valence-corrected chi connectivity index (χ4v) is 2.23. The summed E-state index contributed by atoms with van der Waals surface area (Å²) in [6.45, 7) is 0. The Morgan fingerprint density at radius 1 is 1.00 bits per heavy atom. The van der Waals surface area contributed by atoms with Crippen LogP contribution in [0.25, 0.3) is 0 Å². The van der Waals surface area contributed by atoms with Gasteiger partial charge in [0.2, 0.25) is 10.0 Å². The van der Waals surface area contributed by atoms with E-state index >= 15 is 0 Å². The number of hydrogen-bond donors (Lipinski definition) is 1. The van der Waals surface area contributed by atoms with Crippen LogP contribution in [0.4, 0.5) is 0 Å². The Labute approximate surface area is 114 Å². The zero-order valence-electron chi connectivity index (χ0n) is 9.21. The number of benzene rings is 2. The lowest BCUT2D eigenvalue weighted by molar-refractivity contribution is 0.479. The van der Waals surface area contributed by atoms with Gasteiger partial charge in [-0.25, -0.2) is 13.6 Å². The molecule has 2 rings (SSSR count). The summed E-state index contributed by atoms with van der Waals surface area (Å²) in [6.07, 6.45) is 0. The zero-order chi connectivity index (χ0) is 13.2. The fraction of sp³-hybridized carbons (Fsp3) is 0. The molecule has 0 spiro atoms. The standard InChI is InChI=1S/C12H10BrNO3S/c13-11-3-1-2-4-12(11)17-9-5-7-10(8-6-9)18(14,15)16/h1-8H,(H2,14,15,16). The van der Waals surface area contributed by atoms with Gasteiger partial charge >= 0.3 is 0 Å². The number of hydrogen-bond acceptors (Lipinski definition) is 3. The summed E-state index contributed by atoms with van der Waals surface area (Å²) in [5, 5.41) is 5.01. The van der Waals surface area contributed by atoms with Crippen LogP contribution in [0.5, 0.6) is 11.5 Å². The van der Waals surface area contributed by atoms with Gasteiger partial charge in [-0.2, -0.15) is 0 Å². The number of sulfonamides is 1. The molecule has 0 bridgehead atoms. The van der Waals surface area contributed by atoms with E-state index in [2.05, 4.69) is 15.9 Å². The number of nitrogens with two attached hydrogens (primary N) is 1. The van der Waals surface area contributed by atoms with Gasteiger partial charge in [0.15, 0.2) is 0 Å². The van der Waals surface area contributed by atoms with Gasteiger partial charge < -0.3 is 4.74 Å². The van der Waals surface area contributed by atoms with Crippen LogP contribution in [0.2, 0.25) is 0 Å². The molecule has 6 heteroatoms. The summed E-state index contributed by atoms with van der Waals surface area (Å²) in [5.41, 5.74) is 0. The quantitative estimate of drug-likeness (QED) is 0.942. The van der Waals surface area contributed by atoms with E-state index in [1.807, 2.05) is 18.2 Å². The van der Waals surface area contributed by atoms with E-state index in [1.54, 1.807) is 18.2 Å². The van der Waals surface area contributed by atoms with Gasteiger partial charge in [-0.05, 0) is 52.3 Å². The summed E-state index contributed by atoms with van der Waals surface area (Å²) in [7, 11) is -3.67. The molecule has 0 atom stereocenters. The van der Waals surface area contributed by atoms with Crippen molar-refractivity contribution in [1.29, 1.82) is 0 Å². The molecule has 0 aliphatic heterocycles. The van der Waals surface area contributed by atoms with E-state index in [0.717, 1.165) is 4.47 Å². The number of primary sulfonamides is 1. The van der Waals surface area contributed by atoms with Gasteiger partial charge in [0.25, 0.3) is 0 Å². The molecule has 0 saturated carbocycles. The van der Waals surface area contributed by atoms with Crippen LogP contribution < -0.4 is 9.88 Å². The lowest BCUT2D eigenvalue weighted by Gasteiger charge is -2.07. The first-order valence-electron chi connectivity index (χ1n) is 5.02. The second-order valence-corrected chi connectivity index (χ2v) is 5.96. The van der Waals surface area contributed by atoms with E-state index < -0.39 is 10.0 Å². The molecule has 0 saturated heterocycles. The van der Waals surface area contributed by atoms with Gasteiger partial charge in [0.1, 0.15) is 11.5 Å². The van der Waals surface area contributed by atoms with E-state index in [-0.39, 0.29) is 4.90 Å². The van der Waals surface area contributed by atoms with Crippen LogP contribution in [-0.2, 0) is 10.0 Å². The molecular weight excluding hydrogens is 318 g/mol. The Morgan fingerprint density at radius 2 is 1.61 bits per heavy atom. The second-order valence-electron chi connectivity index (χ2n) is 3.55. The van der Waals surface area contributed by atoms with Crippen molar-refractivity contribution in [1.82, 2.24) is 0 Å². The maximum atomic E-state index is 11.1. The average Bonchev–Trinajstić information content (AvgIpc) is 2.32. The number of para-hydroxylation sites is 1. The summed E-state index contributed by atoms with van der Waals surface area (Å²) in [6, 6.07) is 13.3. The Kier molecular flexibility index (Phi) is 3.70. The SMILES string of the molecule is NS(=O)(=O)c1ccc(Oc2ccccc2Br)cc1. The maximum Gasteiger partial charge on any atom is 0.238 e. The first-order valence-corrected chi connectivity index (χ1v) is 7.36. The highest BCUT2D eigenvalue weighted by atomic mass is 79.9. The molecular formula is C12H10BrNO3S. The first kappa shape index (κ1) is 13.1. The summed E-state index contributed by atoms with van der Waals surface area (Å²) in [4.78, 5) is 0.0574. The molecule has 0 heterocycles. The summed E-state index contributed by atoms with van der Waals surface area (Å²) < 4.78 is 28.6. The molecule has 0 aliphatic rings. The van der Waals surface area contributed by atoms with E-state index in [0.29, 0.717) is 11.5 Å². The molecule has 2 N–H and O–H groups in total. The van der Waals surface area contributed by atoms with Crippen LogP contribution in [0.1, 0.15) is 0 Å². The van der Waals surface area contributed by atoms with Crippen molar-refractivity contribution < 1.29 is 13.2 Å². The highest BCUT2D eigenvalue weighted by Crippen LogP contribution is 2.29. The first-order chi connectivity index (χ1) is 8.47. The molecule has 4 nitrogen and oxygen atoms in total. The third kappa shape index (κ3) is 3.10. The van der Waals surface area contributed by atoms with Crippen molar-refractivity contribution >= 4 is 26.0 Å². The molecule has 0 aromatic heterocycles. The van der Waals surface area contributed by atoms with Crippen LogP contribution in [0.15, 0.2) is 57.9 Å². The molecule has 18 heavy (non-hydrogen) atoms. The molecule has 2 aromatic rings. The highest BCUT2D eigenvalue weighted by Gasteiger charge is 2.07. The molecule has 2 aromatic carbocycles. The lowest BCUT2D eigenvalue weighted by atomic mass is 10.3. The van der Waals surface area contributed by atoms with Gasteiger partial charge in [0, 0.05) is 0 Å². The van der Waals surface area contributed by atoms with E-state index in [9.17, 15) is 8.42 Å². The van der Waals surface area contributed by atoms with Gasteiger partial charge in [-0.3, -0.25) is 0 Å². The average molecular weight is 328 g/mol. The van der Waals surface area contributed by atoms with E-state index in [1.165, 1.54) is 12.1 Å². The van der Waals surface area contributed by atoms with Crippen molar-refractivity contribution in [2.45, 2.75) is 4.90 Å². The van der Waals surface area contributed by atoms with Crippen molar-refractivity contribution in [3.63, 3.8) is 0 Å². The summed E-state index contributed by atoms with van der Waals surface area (Å²) in [5.74, 6) is 1.19. The minimum absolute atomic E-state index is 0.0574. The summed E-state index contributed by atoms with van der Waals surface area (Å²) >= 11 is 3.36. The predicted octanol–water partition coefficient (Wildman–Crippen LogP) is 2.89. The lowest BCUT2D eigenvalue weighted by Crippen LogP contribution is -2.11. The molecule has 0 unspecified atom stereocenters. The van der Waals surface area contributed by atoms with Crippen molar-refractivity contribution in [3.8, 4) is 11.5 Å². The third-order valence-electron chi connectivity index (χ3n) is 2.22. The zero-order valence-corrected chi connectivity index (χ0v) is 11.6. The Bertz CT molecular complexity index is 653. The molecule has 0 fully saturated rings. The van der Waals surface area contributed by atoms with Crippen LogP contribution in [0, 0.1) is 0 Å². The third-order valence-corrected chi connectivity index (χ3v) is 3.80. The largest absolute Gasteiger partial charge is 0.456 e. The Morgan fingerprint density at radius 3 is 2.17 bits per heavy atom. The minimum Gasteiger partial charge on any atom is -0.456 e. The monoisotopic (exact) mass is 327 g/mol. The number of rotatable bonds is 3. The normalized spacial score (nSPS) is 11.2. The second kappa shape index (κ2) is 5.09. The van der Waals surface area contributed by atoms with Crippen LogP contribution in [0.3, 0.4) is 0 Å². The van der Waals surface area contributed by atoms with Crippen molar-refractivity contribution in [2.75, 3.05) is 0 Å². The van der Waals surface area contributed by atoms with Crippen molar-refractivity contribution in [3.05, 3.63) is 53.0 Å². The molecule has 94 valence electrons. The predicted molar refractivity (Wildman–Crippen MR) is 72.0 cm³/mol. The van der Waals surface area contributed by atoms with Gasteiger partial charge in [0.05, 0.1) is 9.37 Å². The molecule has 0 radical (unpaired) electrons. The van der Waals surface area contributed by atoms with Gasteiger partial charge in [-0.1, -0.05) is 12.1 Å². The minimum atomic E-state index is -3.67. The number of ether oxygens (including phenoxy) is 1. The van der Waals surface area contributed by atoms with Gasteiger partial charge in [-0.15, -0.1) is 0 Å². The molecule has 0 aliphatic carbocycles. The topological polar surface area (TPSA) is 69.4 Å². The van der Waals surface area contributed by atoms with Crippen LogP contribution in [-0.4, -0.2) is 8.42 Å². The van der Waals surface area contributed by atoms with E-state index in [4.69, 9.17) is 9.88 Å². The number of halogens is 1. The van der Waals surface area contributed by atoms with Crippen LogP contribution >= 0.6 is 15.9 Å². The fourth-order valence-electron chi connectivity index (χ4n) is 1.35. The Balaban J connectivity index is 2.24. The maximum absolute atomic E-state index is 11.1. The van der Waals surface area contributed by atoms with Crippen molar-refractivity contribution in [2.24, 2.45) is 5.14 Å². The molecule has 0 amide bonds. The highest BCUT2D eigenvalue weighted by molar-refractivity contribution is 9.10.